The molecule has 0 aliphatic heterocycles. The molecule has 42 heavy (non-hydrogen) atoms. The van der Waals surface area contributed by atoms with E-state index in [0.717, 1.165) is 23.0 Å². The summed E-state index contributed by atoms with van der Waals surface area (Å²) < 4.78 is 60.2. The third-order valence-electron chi connectivity index (χ3n) is 7.02. The number of rotatable bonds is 7. The van der Waals surface area contributed by atoms with Crippen LogP contribution in [-0.2, 0) is 17.5 Å². The fourth-order valence-electron chi connectivity index (χ4n) is 4.68. The highest BCUT2D eigenvalue weighted by Gasteiger charge is 2.51. The molecule has 0 radical (unpaired) electrons. The lowest BCUT2D eigenvalue weighted by Crippen LogP contribution is -2.48. The average Bonchev–Trinajstić information content (AvgIpc) is 3.46. The zero-order valence-corrected chi connectivity index (χ0v) is 22.0. The number of pyridine rings is 1. The largest absolute Gasteiger partial charge is 0.417 e. The molecule has 6 rings (SSSR count). The van der Waals surface area contributed by atoms with Crippen molar-refractivity contribution in [3.8, 4) is 17.3 Å². The predicted octanol–water partition coefficient (Wildman–Crippen LogP) is 5.12. The van der Waals surface area contributed by atoms with E-state index in [1.165, 1.54) is 12.1 Å². The van der Waals surface area contributed by atoms with Crippen LogP contribution in [0.5, 0.6) is 0 Å². The Morgan fingerprint density at radius 1 is 1.05 bits per heavy atom. The molecule has 0 unspecified atom stereocenters. The molecule has 13 heteroatoms. The number of nitrogens with zero attached hydrogens (tertiary/aromatic N) is 4. The maximum absolute atomic E-state index is 13.9. The van der Waals surface area contributed by atoms with Gasteiger partial charge in [-0.15, -0.1) is 0 Å². The quantitative estimate of drug-likeness (QED) is 0.259. The van der Waals surface area contributed by atoms with Gasteiger partial charge in [0.15, 0.2) is 5.82 Å². The first-order valence-corrected chi connectivity index (χ1v) is 12.9. The van der Waals surface area contributed by atoms with Crippen molar-refractivity contribution in [3.05, 3.63) is 95.3 Å². The molecule has 1 fully saturated rings. The molecular weight excluding hydrogens is 556 g/mol. The Morgan fingerprint density at radius 2 is 1.81 bits per heavy atom. The second kappa shape index (κ2) is 10.1. The van der Waals surface area contributed by atoms with Gasteiger partial charge in [-0.3, -0.25) is 14.6 Å². The van der Waals surface area contributed by atoms with Crippen LogP contribution >= 0.6 is 0 Å². The van der Waals surface area contributed by atoms with Crippen LogP contribution in [0.2, 0.25) is 0 Å². The zero-order valence-electron chi connectivity index (χ0n) is 22.0. The van der Waals surface area contributed by atoms with Crippen LogP contribution in [-0.4, -0.2) is 37.0 Å². The van der Waals surface area contributed by atoms with Gasteiger partial charge in [0.1, 0.15) is 17.1 Å². The smallest absolute Gasteiger partial charge is 0.350 e. The highest BCUT2D eigenvalue weighted by atomic mass is 19.4. The SMILES string of the molecule is Cc1noc(-c2cc3cc(F)ccc3n2-c2ccc(CNC(=O)C3(NC(=O)c4cncc(C(F)(F)F)c4)CC3)cc2)n1. The molecule has 214 valence electrons. The minimum atomic E-state index is -4.65. The van der Waals surface area contributed by atoms with Crippen LogP contribution in [0.1, 0.15) is 40.2 Å². The van der Waals surface area contributed by atoms with Crippen molar-refractivity contribution < 1.29 is 31.7 Å². The van der Waals surface area contributed by atoms with Gasteiger partial charge in [0.25, 0.3) is 11.8 Å². The summed E-state index contributed by atoms with van der Waals surface area (Å²) in [7, 11) is 0. The van der Waals surface area contributed by atoms with E-state index in [1.807, 2.05) is 16.7 Å². The Kier molecular flexibility index (Phi) is 6.51. The van der Waals surface area contributed by atoms with Crippen LogP contribution < -0.4 is 10.6 Å². The monoisotopic (exact) mass is 578 g/mol. The molecule has 0 spiro atoms. The first-order chi connectivity index (χ1) is 20.0. The molecule has 1 saturated carbocycles. The van der Waals surface area contributed by atoms with Crippen LogP contribution in [0, 0.1) is 12.7 Å². The first-order valence-electron chi connectivity index (χ1n) is 12.9. The third-order valence-corrected chi connectivity index (χ3v) is 7.02. The lowest BCUT2D eigenvalue weighted by molar-refractivity contribution is -0.137. The summed E-state index contributed by atoms with van der Waals surface area (Å²) in [6, 6.07) is 14.2. The van der Waals surface area contributed by atoms with Gasteiger partial charge < -0.3 is 19.7 Å². The second-order valence-electron chi connectivity index (χ2n) is 10.1. The molecule has 5 aromatic rings. The van der Waals surface area contributed by atoms with Crippen LogP contribution in [0.25, 0.3) is 28.2 Å². The number of amides is 2. The molecular formula is C29H22F4N6O3. The van der Waals surface area contributed by atoms with Gasteiger partial charge in [-0.1, -0.05) is 17.3 Å². The Hall–Kier alpha value is -5.07. The van der Waals surface area contributed by atoms with E-state index in [1.54, 1.807) is 31.2 Å². The normalized spacial score (nSPS) is 14.1. The van der Waals surface area contributed by atoms with Gasteiger partial charge in [-0.25, -0.2) is 4.39 Å². The van der Waals surface area contributed by atoms with E-state index in [4.69, 9.17) is 4.52 Å². The zero-order chi connectivity index (χ0) is 29.6. The van der Waals surface area contributed by atoms with E-state index < -0.39 is 29.1 Å². The number of aromatic nitrogens is 4. The van der Waals surface area contributed by atoms with Gasteiger partial charge in [0.2, 0.25) is 5.91 Å². The van der Waals surface area contributed by atoms with Gasteiger partial charge >= 0.3 is 6.18 Å². The van der Waals surface area contributed by atoms with Gasteiger partial charge in [-0.05, 0) is 67.8 Å². The van der Waals surface area contributed by atoms with Crippen molar-refractivity contribution in [1.82, 2.24) is 30.3 Å². The maximum atomic E-state index is 13.9. The Labute approximate surface area is 235 Å². The van der Waals surface area contributed by atoms with Crippen molar-refractivity contribution in [2.24, 2.45) is 0 Å². The van der Waals surface area contributed by atoms with Gasteiger partial charge in [0.05, 0.1) is 16.6 Å². The molecule has 1 aliphatic rings. The fraction of sp³-hybridized carbons (Fsp3) is 0.207. The lowest BCUT2D eigenvalue weighted by Gasteiger charge is -2.18. The summed E-state index contributed by atoms with van der Waals surface area (Å²) in [4.78, 5) is 33.4. The number of aryl methyl sites for hydroxylation is 1. The Balaban J connectivity index is 1.16. The number of nitrogens with one attached hydrogen (secondary N) is 2. The van der Waals surface area contributed by atoms with Gasteiger partial charge in [-0.2, -0.15) is 18.2 Å². The summed E-state index contributed by atoms with van der Waals surface area (Å²) in [5.41, 5.74) is 0.279. The van der Waals surface area contributed by atoms with Crippen molar-refractivity contribution in [2.75, 3.05) is 0 Å². The van der Waals surface area contributed by atoms with E-state index in [0.29, 0.717) is 42.0 Å². The van der Waals surface area contributed by atoms with Crippen LogP contribution in [0.3, 0.4) is 0 Å². The molecule has 9 nitrogen and oxygen atoms in total. The number of fused-ring (bicyclic) bond motifs is 1. The van der Waals surface area contributed by atoms with Gasteiger partial charge in [0, 0.05) is 30.0 Å². The molecule has 2 amide bonds. The molecule has 3 heterocycles. The molecule has 1 aliphatic carbocycles. The summed E-state index contributed by atoms with van der Waals surface area (Å²) in [5.74, 6) is -0.896. The number of hydrogen-bond acceptors (Lipinski definition) is 6. The summed E-state index contributed by atoms with van der Waals surface area (Å²) >= 11 is 0. The first kappa shape index (κ1) is 27.1. The van der Waals surface area contributed by atoms with Crippen molar-refractivity contribution >= 4 is 22.7 Å². The molecule has 3 aromatic heterocycles. The molecule has 2 aromatic carbocycles. The Bertz CT molecular complexity index is 1820. The molecule has 2 N–H and O–H groups in total. The fourth-order valence-corrected chi connectivity index (χ4v) is 4.68. The summed E-state index contributed by atoms with van der Waals surface area (Å²) in [6.45, 7) is 1.84. The number of alkyl halides is 3. The maximum Gasteiger partial charge on any atom is 0.417 e. The molecule has 0 atom stereocenters. The second-order valence-corrected chi connectivity index (χ2v) is 10.1. The van der Waals surface area contributed by atoms with E-state index in [9.17, 15) is 27.2 Å². The minimum absolute atomic E-state index is 0.148. The predicted molar refractivity (Wildman–Crippen MR) is 142 cm³/mol. The van der Waals surface area contributed by atoms with Crippen LogP contribution in [0.15, 0.2) is 71.5 Å². The Morgan fingerprint density at radius 3 is 2.48 bits per heavy atom. The van der Waals surface area contributed by atoms with E-state index in [2.05, 4.69) is 25.8 Å². The molecule has 0 bridgehead atoms. The number of halogens is 4. The van der Waals surface area contributed by atoms with Crippen LogP contribution in [0.4, 0.5) is 17.6 Å². The standard InChI is InChI=1S/C29H22F4N6O3/c1-16-36-26(42-38-16)24-12-18-11-21(30)4-7-23(18)39(24)22-5-2-17(3-6-22)13-35-27(41)28(8-9-28)37-25(40)19-10-20(15-34-14-19)29(31,32)33/h2-7,10-12,14-15H,8-9,13H2,1H3,(H,35,41)(H,37,40). The number of carbonyl (C=O) groups is 2. The van der Waals surface area contributed by atoms with Crippen molar-refractivity contribution in [1.29, 1.82) is 0 Å². The highest BCUT2D eigenvalue weighted by Crippen LogP contribution is 2.36. The number of carbonyl (C=O) groups excluding carboxylic acids is 2. The average molecular weight is 579 g/mol. The summed E-state index contributed by atoms with van der Waals surface area (Å²) in [5, 5.41) is 9.86. The number of hydrogen-bond donors (Lipinski definition) is 2. The highest BCUT2D eigenvalue weighted by molar-refractivity contribution is 6.00. The summed E-state index contributed by atoms with van der Waals surface area (Å²) in [6.07, 6.45) is -2.28. The molecule has 0 saturated heterocycles. The lowest BCUT2D eigenvalue weighted by atomic mass is 10.1. The topological polar surface area (TPSA) is 115 Å². The minimum Gasteiger partial charge on any atom is -0.350 e. The third kappa shape index (κ3) is 5.20. The van der Waals surface area contributed by atoms with E-state index >= 15 is 0 Å². The number of benzene rings is 2. The van der Waals surface area contributed by atoms with E-state index in [-0.39, 0.29) is 23.8 Å². The van der Waals surface area contributed by atoms with Crippen molar-refractivity contribution in [3.63, 3.8) is 0 Å². The van der Waals surface area contributed by atoms with Crippen molar-refractivity contribution in [2.45, 2.75) is 38.0 Å².